The fraction of sp³-hybridized carbons (Fsp3) is 0.308. The first-order valence-corrected chi connectivity index (χ1v) is 8.08. The molecule has 0 amide bonds. The molecule has 1 nitrogen and oxygen atoms in total. The Morgan fingerprint density at radius 2 is 1.94 bits per heavy atom. The largest absolute Gasteiger partial charge is 0.332 e. The molecule has 0 aromatic heterocycles. The Morgan fingerprint density at radius 3 is 2.61 bits per heavy atom. The van der Waals surface area contributed by atoms with Crippen molar-refractivity contribution in [3.05, 3.63) is 47.1 Å². The van der Waals surface area contributed by atoms with Crippen LogP contribution in [0.2, 0.25) is 0 Å². The summed E-state index contributed by atoms with van der Waals surface area (Å²) in [6, 6.07) is 7.78. The number of ketones is 1. The van der Waals surface area contributed by atoms with Crippen LogP contribution in [0.15, 0.2) is 24.3 Å². The summed E-state index contributed by atoms with van der Waals surface area (Å²) in [6.45, 7) is 0. The molecule has 95 valence electrons. The van der Waals surface area contributed by atoms with Crippen LogP contribution in [-0.4, -0.2) is 10.6 Å². The molecule has 0 saturated carbocycles. The third-order valence-corrected chi connectivity index (χ3v) is 6.29. The van der Waals surface area contributed by atoms with Gasteiger partial charge in [0.15, 0.2) is 0 Å². The predicted octanol–water partition coefficient (Wildman–Crippen LogP) is 4.85. The molecule has 0 heterocycles. The molecule has 0 bridgehead atoms. The van der Waals surface area contributed by atoms with Crippen LogP contribution < -0.4 is 0 Å². The normalized spacial score (nSPS) is 26.6. The molecular formula is C13H11Br3OY-2. The summed E-state index contributed by atoms with van der Waals surface area (Å²) in [5.41, 5.74) is 1.86. The summed E-state index contributed by atoms with van der Waals surface area (Å²) < 4.78 is 0. The number of Topliss-reactive ketones (excluding diaryl/α,β-unsaturated/α-hetero) is 1. The zero-order valence-corrected chi connectivity index (χ0v) is 17.1. The van der Waals surface area contributed by atoms with E-state index in [9.17, 15) is 4.79 Å². The van der Waals surface area contributed by atoms with Crippen molar-refractivity contribution < 1.29 is 37.5 Å². The van der Waals surface area contributed by atoms with Gasteiger partial charge in [0.05, 0.1) is 0 Å². The monoisotopic (exact) mass is 509 g/mol. The molecule has 3 atom stereocenters. The first kappa shape index (κ1) is 17.4. The van der Waals surface area contributed by atoms with E-state index < -0.39 is 0 Å². The Kier molecular flexibility index (Phi) is 7.64. The summed E-state index contributed by atoms with van der Waals surface area (Å²) >= 11 is 10.7. The quantitative estimate of drug-likeness (QED) is 0.315. The van der Waals surface area contributed by atoms with E-state index in [0.717, 1.165) is 17.5 Å². The van der Waals surface area contributed by atoms with Gasteiger partial charge in [-0.2, -0.15) is 12.8 Å². The van der Waals surface area contributed by atoms with Crippen molar-refractivity contribution in [1.29, 1.82) is 0 Å². The van der Waals surface area contributed by atoms with Gasteiger partial charge in [-0.05, 0) is 0 Å². The Labute approximate surface area is 158 Å². The minimum Gasteiger partial charge on any atom is -0.332 e. The Balaban J connectivity index is 0.00000162. The van der Waals surface area contributed by atoms with Gasteiger partial charge in [-0.3, -0.25) is 5.33 Å². The minimum absolute atomic E-state index is 0. The van der Waals surface area contributed by atoms with Crippen molar-refractivity contribution in [2.45, 2.75) is 16.1 Å². The van der Waals surface area contributed by atoms with Crippen LogP contribution in [0.1, 0.15) is 27.2 Å². The predicted molar refractivity (Wildman–Crippen MR) is 80.8 cm³/mol. The molecule has 0 saturated heterocycles. The van der Waals surface area contributed by atoms with Crippen molar-refractivity contribution in [3.8, 4) is 0 Å². The zero-order chi connectivity index (χ0) is 12.4. The molecule has 2 rings (SSSR count). The van der Waals surface area contributed by atoms with E-state index in [0.29, 0.717) is 0 Å². The second kappa shape index (κ2) is 7.92. The van der Waals surface area contributed by atoms with Crippen LogP contribution in [0, 0.1) is 17.7 Å². The van der Waals surface area contributed by atoms with E-state index in [4.69, 9.17) is 0 Å². The molecule has 1 aliphatic carbocycles. The minimum atomic E-state index is 0. The Hall–Kier alpha value is 1.30. The Bertz CT molecular complexity index is 424. The molecule has 1 aromatic rings. The summed E-state index contributed by atoms with van der Waals surface area (Å²) in [7, 11) is 0. The zero-order valence-electron chi connectivity index (χ0n) is 9.52. The number of hydrogen-bond acceptors (Lipinski definition) is 1. The van der Waals surface area contributed by atoms with Gasteiger partial charge in [-0.15, -0.1) is 17.2 Å². The van der Waals surface area contributed by atoms with Gasteiger partial charge in [0, 0.05) is 48.1 Å². The van der Waals surface area contributed by atoms with Crippen LogP contribution >= 0.6 is 47.8 Å². The van der Waals surface area contributed by atoms with Gasteiger partial charge < -0.3 is 20.7 Å². The van der Waals surface area contributed by atoms with E-state index in [1.165, 1.54) is 0 Å². The maximum absolute atomic E-state index is 12.2. The van der Waals surface area contributed by atoms with Crippen molar-refractivity contribution in [2.75, 3.05) is 0 Å². The van der Waals surface area contributed by atoms with Crippen LogP contribution in [0.25, 0.3) is 0 Å². The van der Waals surface area contributed by atoms with Crippen LogP contribution in [0.4, 0.5) is 0 Å². The number of carbonyl (C=O) groups is 1. The molecule has 0 N–H and O–H groups in total. The van der Waals surface area contributed by atoms with Gasteiger partial charge in [-0.25, -0.2) is 0 Å². The standard InChI is InChI=1S/C13H11Br3O.Y/c14-6-5-8-7-11(17)9-3-1-2-4-10(9)13(16)12(8)15;/h1-4,6-8,12-13H,5H2;/q-2;. The first-order valence-electron chi connectivity index (χ1n) is 5.33. The van der Waals surface area contributed by atoms with E-state index in [1.807, 2.05) is 36.0 Å². The maximum atomic E-state index is 12.2. The van der Waals surface area contributed by atoms with E-state index in [2.05, 4.69) is 47.8 Å². The average molecular weight is 512 g/mol. The summed E-state index contributed by atoms with van der Waals surface area (Å²) in [5, 5.41) is 1.92. The number of carbonyl (C=O) groups excluding carboxylic acids is 1. The molecular weight excluding hydrogens is 501 g/mol. The number of rotatable bonds is 2. The molecule has 18 heavy (non-hydrogen) atoms. The van der Waals surface area contributed by atoms with E-state index >= 15 is 0 Å². The number of alkyl halides is 2. The van der Waals surface area contributed by atoms with Gasteiger partial charge >= 0.3 is 0 Å². The van der Waals surface area contributed by atoms with Gasteiger partial charge in [0.25, 0.3) is 0 Å². The van der Waals surface area contributed by atoms with Crippen LogP contribution in [0.3, 0.4) is 0 Å². The van der Waals surface area contributed by atoms with Crippen LogP contribution in [-0.2, 0) is 32.7 Å². The molecule has 5 heteroatoms. The smallest absolute Gasteiger partial charge is 0.0354 e. The Morgan fingerprint density at radius 1 is 1.28 bits per heavy atom. The molecule has 1 aromatic carbocycles. The first-order chi connectivity index (χ1) is 8.15. The van der Waals surface area contributed by atoms with Gasteiger partial charge in [0.2, 0.25) is 0 Å². The third-order valence-electron chi connectivity index (χ3n) is 2.94. The van der Waals surface area contributed by atoms with Crippen molar-refractivity contribution in [1.82, 2.24) is 0 Å². The summed E-state index contributed by atoms with van der Waals surface area (Å²) in [4.78, 5) is 12.5. The SMILES string of the molecule is O=C1[CH-]C(C[CH-]Br)C(Br)C(Br)c2ccccc21.[Y]. The van der Waals surface area contributed by atoms with Crippen molar-refractivity contribution in [3.63, 3.8) is 0 Å². The fourth-order valence-corrected chi connectivity index (χ4v) is 3.90. The van der Waals surface area contributed by atoms with Crippen molar-refractivity contribution >= 4 is 53.6 Å². The molecule has 3 unspecified atom stereocenters. The molecule has 0 aliphatic heterocycles. The van der Waals surface area contributed by atoms with Crippen molar-refractivity contribution in [2.24, 2.45) is 5.92 Å². The second-order valence-electron chi connectivity index (χ2n) is 4.02. The second-order valence-corrected chi connectivity index (χ2v) is 6.71. The molecule has 1 aliphatic rings. The molecule has 0 spiro atoms. The summed E-state index contributed by atoms with van der Waals surface area (Å²) in [6.07, 6.45) is 2.65. The topological polar surface area (TPSA) is 17.1 Å². The fourth-order valence-electron chi connectivity index (χ4n) is 2.03. The number of benzene rings is 1. The van der Waals surface area contributed by atoms with E-state index in [-0.39, 0.29) is 54.1 Å². The maximum Gasteiger partial charge on any atom is 0.0354 e. The van der Waals surface area contributed by atoms with Gasteiger partial charge in [0.1, 0.15) is 0 Å². The number of halogens is 3. The molecule has 1 radical (unpaired) electrons. The van der Waals surface area contributed by atoms with Crippen LogP contribution in [0.5, 0.6) is 0 Å². The average Bonchev–Trinajstić information content (AvgIpc) is 2.43. The summed E-state index contributed by atoms with van der Waals surface area (Å²) in [5.74, 6) is 0.310. The van der Waals surface area contributed by atoms with E-state index in [1.54, 1.807) is 0 Å². The molecule has 0 fully saturated rings. The number of fused-ring (bicyclic) bond motifs is 1. The number of hydrogen-bond donors (Lipinski definition) is 0. The third kappa shape index (κ3) is 3.69. The van der Waals surface area contributed by atoms with Gasteiger partial charge in [-0.1, -0.05) is 56.0 Å².